The number of aliphatic imine (C=N–C) groups is 1. The topological polar surface area (TPSA) is 158 Å². The minimum absolute atomic E-state index is 0.0973. The third kappa shape index (κ3) is 6.15. The van der Waals surface area contributed by atoms with Gasteiger partial charge < -0.3 is 15.2 Å². The van der Waals surface area contributed by atoms with E-state index in [0.29, 0.717) is 16.2 Å². The number of urea groups is 1. The second-order valence-electron chi connectivity index (χ2n) is 6.19. The summed E-state index contributed by atoms with van der Waals surface area (Å²) in [6.45, 7) is 1.53. The molecule has 0 spiro atoms. The van der Waals surface area contributed by atoms with E-state index in [4.69, 9.17) is 15.2 Å². The average molecular weight is 442 g/mol. The van der Waals surface area contributed by atoms with Crippen LogP contribution in [0.25, 0.3) is 0 Å². The molecule has 1 aliphatic rings. The minimum atomic E-state index is -3.65. The van der Waals surface area contributed by atoms with Crippen molar-refractivity contribution in [2.75, 3.05) is 38.0 Å². The van der Waals surface area contributed by atoms with Crippen LogP contribution in [0.3, 0.4) is 0 Å². The van der Waals surface area contributed by atoms with E-state index < -0.39 is 34.4 Å². The van der Waals surface area contributed by atoms with Crippen LogP contribution in [-0.4, -0.2) is 76.5 Å². The number of hydrogen-bond donors (Lipinski definition) is 1. The van der Waals surface area contributed by atoms with Gasteiger partial charge in [0.1, 0.15) is 18.5 Å². The van der Waals surface area contributed by atoms with Crippen molar-refractivity contribution in [3.8, 4) is 0 Å². The minimum Gasteiger partial charge on any atom is -0.449 e. The molecular formula is C17H22N4O8S. The fourth-order valence-corrected chi connectivity index (χ4v) is 2.77. The largest absolute Gasteiger partial charge is 0.449 e. The smallest absolute Gasteiger partial charge is 0.417 e. The summed E-state index contributed by atoms with van der Waals surface area (Å²) in [6, 6.07) is 5.27. The molecule has 1 fully saturated rings. The lowest BCUT2D eigenvalue weighted by molar-refractivity contribution is 0.107. The molecule has 1 saturated heterocycles. The standard InChI is InChI=1S/C17H22N4O8S/c1-4-27-16(23)20(2)15(22)19-14(18)11-5-7-12(8-6-11)21-9-13(29-17(21)24)10-28-30(3,25)26/h5-8,13H,4,9-10H2,1-3H3,(H2,18,19,22). The molecule has 1 aliphatic heterocycles. The Morgan fingerprint density at radius 2 is 1.97 bits per heavy atom. The Kier molecular flexibility index (Phi) is 7.34. The van der Waals surface area contributed by atoms with E-state index >= 15 is 0 Å². The molecule has 12 nitrogen and oxygen atoms in total. The van der Waals surface area contributed by atoms with Crippen LogP contribution < -0.4 is 10.6 Å². The van der Waals surface area contributed by atoms with Crippen molar-refractivity contribution in [2.24, 2.45) is 10.7 Å². The lowest BCUT2D eigenvalue weighted by Gasteiger charge is -2.14. The number of hydrogen-bond acceptors (Lipinski definition) is 8. The fraction of sp³-hybridized carbons (Fsp3) is 0.412. The van der Waals surface area contributed by atoms with Gasteiger partial charge in [-0.3, -0.25) is 9.08 Å². The summed E-state index contributed by atoms with van der Waals surface area (Å²) in [7, 11) is -2.44. The molecule has 1 atom stereocenters. The molecule has 0 bridgehead atoms. The summed E-state index contributed by atoms with van der Waals surface area (Å²) in [5.41, 5.74) is 6.66. The SMILES string of the molecule is CCOC(=O)N(C)C(=O)N=C(N)c1ccc(N2CC(COS(C)(=O)=O)OC2=O)cc1. The van der Waals surface area contributed by atoms with Gasteiger partial charge in [0.2, 0.25) is 0 Å². The van der Waals surface area contributed by atoms with E-state index in [9.17, 15) is 22.8 Å². The van der Waals surface area contributed by atoms with Crippen LogP contribution in [0.4, 0.5) is 20.1 Å². The number of cyclic esters (lactones) is 1. The molecule has 0 aliphatic carbocycles. The summed E-state index contributed by atoms with van der Waals surface area (Å²) in [5.74, 6) is -0.133. The van der Waals surface area contributed by atoms with Gasteiger partial charge >= 0.3 is 18.2 Å². The molecule has 164 valence electrons. The lowest BCUT2D eigenvalue weighted by Crippen LogP contribution is -2.33. The first-order valence-corrected chi connectivity index (χ1v) is 10.5. The molecule has 2 rings (SSSR count). The van der Waals surface area contributed by atoms with E-state index in [0.717, 1.165) is 6.26 Å². The van der Waals surface area contributed by atoms with Gasteiger partial charge in [-0.1, -0.05) is 0 Å². The molecule has 0 radical (unpaired) electrons. The van der Waals surface area contributed by atoms with E-state index in [1.807, 2.05) is 0 Å². The van der Waals surface area contributed by atoms with Crippen molar-refractivity contribution in [1.82, 2.24) is 4.90 Å². The molecule has 13 heteroatoms. The first-order chi connectivity index (χ1) is 14.0. The predicted octanol–water partition coefficient (Wildman–Crippen LogP) is 0.902. The molecule has 1 aromatic rings. The van der Waals surface area contributed by atoms with Gasteiger partial charge in [0.25, 0.3) is 10.1 Å². The van der Waals surface area contributed by atoms with Gasteiger partial charge in [0, 0.05) is 18.3 Å². The van der Waals surface area contributed by atoms with Crippen molar-refractivity contribution in [3.63, 3.8) is 0 Å². The number of amidine groups is 1. The van der Waals surface area contributed by atoms with Crippen LogP contribution in [0.15, 0.2) is 29.3 Å². The number of benzene rings is 1. The summed E-state index contributed by atoms with van der Waals surface area (Å²) in [5, 5.41) is 0. The molecule has 2 N–H and O–H groups in total. The Labute approximate surface area is 173 Å². The number of nitrogens with zero attached hydrogens (tertiary/aromatic N) is 3. The highest BCUT2D eigenvalue weighted by Crippen LogP contribution is 2.22. The van der Waals surface area contributed by atoms with Crippen molar-refractivity contribution in [1.29, 1.82) is 0 Å². The van der Waals surface area contributed by atoms with Crippen LogP contribution in [0, 0.1) is 0 Å². The highest BCUT2D eigenvalue weighted by Gasteiger charge is 2.33. The summed E-state index contributed by atoms with van der Waals surface area (Å²) >= 11 is 0. The summed E-state index contributed by atoms with van der Waals surface area (Å²) in [4.78, 5) is 41.2. The third-order valence-electron chi connectivity index (χ3n) is 3.86. The van der Waals surface area contributed by atoms with E-state index in [-0.39, 0.29) is 25.6 Å². The maximum atomic E-state index is 12.0. The van der Waals surface area contributed by atoms with Crippen LogP contribution >= 0.6 is 0 Å². The van der Waals surface area contributed by atoms with Crippen molar-refractivity contribution >= 4 is 39.9 Å². The van der Waals surface area contributed by atoms with Gasteiger partial charge in [0.05, 0.1) is 19.4 Å². The van der Waals surface area contributed by atoms with Gasteiger partial charge in [-0.2, -0.15) is 13.4 Å². The lowest BCUT2D eigenvalue weighted by atomic mass is 10.2. The number of carbonyl (C=O) groups is 3. The molecule has 1 aromatic carbocycles. The average Bonchev–Trinajstić information content (AvgIpc) is 3.06. The first-order valence-electron chi connectivity index (χ1n) is 8.73. The number of rotatable bonds is 6. The Morgan fingerprint density at radius 1 is 1.33 bits per heavy atom. The Bertz CT molecular complexity index is 945. The summed E-state index contributed by atoms with van der Waals surface area (Å²) in [6.07, 6.45) is -1.34. The molecule has 30 heavy (non-hydrogen) atoms. The molecular weight excluding hydrogens is 420 g/mol. The quantitative estimate of drug-likeness (QED) is 0.384. The molecule has 0 saturated carbocycles. The van der Waals surface area contributed by atoms with Crippen molar-refractivity contribution < 1.29 is 36.5 Å². The number of nitrogens with two attached hydrogens (primary N) is 1. The molecule has 1 unspecified atom stereocenters. The number of ether oxygens (including phenoxy) is 2. The zero-order valence-electron chi connectivity index (χ0n) is 16.6. The Hall–Kier alpha value is -3.19. The van der Waals surface area contributed by atoms with Gasteiger partial charge in [-0.05, 0) is 31.2 Å². The number of anilines is 1. The van der Waals surface area contributed by atoms with Gasteiger partial charge in [-0.25, -0.2) is 19.3 Å². The van der Waals surface area contributed by atoms with Crippen LogP contribution in [0.2, 0.25) is 0 Å². The number of imide groups is 1. The fourth-order valence-electron chi connectivity index (χ4n) is 2.37. The van der Waals surface area contributed by atoms with Crippen molar-refractivity contribution in [3.05, 3.63) is 29.8 Å². The normalized spacial score (nSPS) is 16.9. The number of carbonyl (C=O) groups excluding carboxylic acids is 3. The van der Waals surface area contributed by atoms with Crippen LogP contribution in [0.5, 0.6) is 0 Å². The molecule has 1 heterocycles. The summed E-state index contributed by atoms with van der Waals surface area (Å²) < 4.78 is 36.6. The second kappa shape index (κ2) is 9.54. The van der Waals surface area contributed by atoms with E-state index in [2.05, 4.69) is 9.18 Å². The maximum absolute atomic E-state index is 12.0. The predicted molar refractivity (Wildman–Crippen MR) is 106 cm³/mol. The van der Waals surface area contributed by atoms with Gasteiger partial charge in [0.15, 0.2) is 0 Å². The third-order valence-corrected chi connectivity index (χ3v) is 4.43. The molecule has 0 aromatic heterocycles. The highest BCUT2D eigenvalue weighted by atomic mass is 32.2. The van der Waals surface area contributed by atoms with Crippen molar-refractivity contribution in [2.45, 2.75) is 13.0 Å². The molecule has 4 amide bonds. The van der Waals surface area contributed by atoms with E-state index in [1.54, 1.807) is 19.1 Å². The zero-order chi connectivity index (χ0) is 22.5. The Morgan fingerprint density at radius 3 is 2.53 bits per heavy atom. The van der Waals surface area contributed by atoms with E-state index in [1.165, 1.54) is 24.1 Å². The number of amides is 4. The highest BCUT2D eigenvalue weighted by molar-refractivity contribution is 7.85. The van der Waals surface area contributed by atoms with Gasteiger partial charge in [-0.15, -0.1) is 0 Å². The van der Waals surface area contributed by atoms with Crippen LogP contribution in [0.1, 0.15) is 12.5 Å². The van der Waals surface area contributed by atoms with Crippen LogP contribution in [-0.2, 0) is 23.8 Å². The monoisotopic (exact) mass is 442 g/mol. The first kappa shape index (κ1) is 23.1. The Balaban J connectivity index is 2.04. The maximum Gasteiger partial charge on any atom is 0.417 e. The zero-order valence-corrected chi connectivity index (χ0v) is 17.4. The second-order valence-corrected chi connectivity index (χ2v) is 7.83.